The van der Waals surface area contributed by atoms with Crippen LogP contribution < -0.4 is 5.43 Å². The van der Waals surface area contributed by atoms with Crippen LogP contribution in [0.15, 0.2) is 36.0 Å². The Kier molecular flexibility index (Phi) is 3.72. The van der Waals surface area contributed by atoms with E-state index < -0.39 is 11.9 Å². The van der Waals surface area contributed by atoms with Gasteiger partial charge in [0, 0.05) is 12.4 Å². The van der Waals surface area contributed by atoms with Gasteiger partial charge in [-0.25, -0.2) is 15.4 Å². The Balaban J connectivity index is 2.04. The van der Waals surface area contributed by atoms with Gasteiger partial charge >= 0.3 is 0 Å². The van der Waals surface area contributed by atoms with Crippen LogP contribution in [0.1, 0.15) is 16.1 Å². The molecular weight excluding hydrogens is 253 g/mol. The van der Waals surface area contributed by atoms with Gasteiger partial charge in [0.05, 0.1) is 24.2 Å². The average molecular weight is 261 g/mol. The van der Waals surface area contributed by atoms with E-state index in [0.717, 1.165) is 18.5 Å². The van der Waals surface area contributed by atoms with Gasteiger partial charge in [-0.3, -0.25) is 9.78 Å². The predicted molar refractivity (Wildman–Crippen MR) is 63.0 cm³/mol. The smallest absolute Gasteiger partial charge is 0.291 e. The fourth-order valence-electron chi connectivity index (χ4n) is 1.18. The number of rotatable bonds is 3. The lowest BCUT2D eigenvalue weighted by molar-refractivity contribution is 0.0949. The van der Waals surface area contributed by atoms with Crippen LogP contribution in [0.25, 0.3) is 0 Å². The summed E-state index contributed by atoms with van der Waals surface area (Å²) < 4.78 is 13.2. The number of hydrazone groups is 1. The van der Waals surface area contributed by atoms with Crippen LogP contribution in [0.4, 0.5) is 4.39 Å². The van der Waals surface area contributed by atoms with E-state index in [9.17, 15) is 9.18 Å². The van der Waals surface area contributed by atoms with Crippen molar-refractivity contribution in [3.63, 3.8) is 0 Å². The number of hydrogen-bond donors (Lipinski definition) is 2. The summed E-state index contributed by atoms with van der Waals surface area (Å²) in [4.78, 5) is 22.3. The fourth-order valence-corrected chi connectivity index (χ4v) is 1.18. The van der Waals surface area contributed by atoms with Crippen LogP contribution in [-0.4, -0.2) is 32.2 Å². The maximum Gasteiger partial charge on any atom is 0.291 e. The van der Waals surface area contributed by atoms with Crippen molar-refractivity contribution in [2.75, 3.05) is 0 Å². The molecule has 0 atom stereocenters. The van der Waals surface area contributed by atoms with E-state index in [1.54, 1.807) is 0 Å². The topological polar surface area (TPSA) is 100 Å². The summed E-state index contributed by atoms with van der Waals surface area (Å²) in [5.41, 5.74) is 2.17. The number of halogens is 1. The van der Waals surface area contributed by atoms with Gasteiger partial charge in [-0.2, -0.15) is 9.49 Å². The second kappa shape index (κ2) is 5.63. The zero-order chi connectivity index (χ0) is 13.7. The third-order valence-electron chi connectivity index (χ3n) is 2.02. The second-order valence-electron chi connectivity index (χ2n) is 3.36. The van der Waals surface area contributed by atoms with Gasteiger partial charge in [-0.1, -0.05) is 0 Å². The Morgan fingerprint density at radius 1 is 1.37 bits per heavy atom. The van der Waals surface area contributed by atoms with Crippen molar-refractivity contribution in [2.24, 2.45) is 5.10 Å². The van der Waals surface area contributed by atoms with Crippen molar-refractivity contribution in [3.05, 3.63) is 48.1 Å². The number of nitrogens with zero attached hydrogens (tertiary/aromatic N) is 4. The first-order valence-electron chi connectivity index (χ1n) is 5.11. The van der Waals surface area contributed by atoms with Crippen molar-refractivity contribution in [1.82, 2.24) is 20.4 Å². The molecule has 2 aromatic rings. The first-order chi connectivity index (χ1) is 9.16. The van der Waals surface area contributed by atoms with Crippen LogP contribution in [0.5, 0.6) is 5.75 Å². The largest absolute Gasteiger partial charge is 0.506 e. The number of hydrogen-bond acceptors (Lipinski definition) is 6. The predicted octanol–water partition coefficient (Wildman–Crippen LogP) is 0.480. The molecule has 8 heteroatoms. The number of nitrogens with one attached hydrogen (secondary N) is 1. The number of carbonyl (C=O) groups is 1. The van der Waals surface area contributed by atoms with Gasteiger partial charge in [0.1, 0.15) is 11.4 Å². The summed E-state index contributed by atoms with van der Waals surface area (Å²) >= 11 is 0. The number of amides is 1. The second-order valence-corrected chi connectivity index (χ2v) is 3.36. The summed E-state index contributed by atoms with van der Waals surface area (Å²) in [5.74, 6) is -1.60. The minimum atomic E-state index is -0.810. The maximum atomic E-state index is 13.2. The van der Waals surface area contributed by atoms with Crippen molar-refractivity contribution >= 4 is 12.1 Å². The third-order valence-corrected chi connectivity index (χ3v) is 2.02. The molecule has 0 unspecified atom stereocenters. The van der Waals surface area contributed by atoms with Crippen LogP contribution in [-0.2, 0) is 0 Å². The highest BCUT2D eigenvalue weighted by Gasteiger charge is 2.05. The molecule has 0 saturated carbocycles. The fraction of sp³-hybridized carbons (Fsp3) is 0. The Morgan fingerprint density at radius 3 is 2.95 bits per heavy atom. The first kappa shape index (κ1) is 12.6. The van der Waals surface area contributed by atoms with Crippen LogP contribution in [0.2, 0.25) is 0 Å². The SMILES string of the molecule is O=C(NN=Cc1cc(O)cnc1F)c1cnccn1. The Morgan fingerprint density at radius 2 is 2.21 bits per heavy atom. The standard InChI is InChI=1S/C11H8FN5O2/c12-10-7(3-8(18)5-15-10)4-16-17-11(19)9-6-13-1-2-14-9/h1-6,18H,(H,17,19). The molecule has 0 aliphatic rings. The summed E-state index contributed by atoms with van der Waals surface area (Å²) in [6.07, 6.45) is 6.04. The van der Waals surface area contributed by atoms with Gasteiger partial charge in [0.2, 0.25) is 5.95 Å². The molecule has 2 rings (SSSR count). The molecule has 96 valence electrons. The number of carbonyl (C=O) groups excluding carboxylic acids is 1. The van der Waals surface area contributed by atoms with E-state index in [1.807, 2.05) is 0 Å². The highest BCUT2D eigenvalue weighted by molar-refractivity contribution is 5.92. The molecular formula is C11H8FN5O2. The van der Waals surface area contributed by atoms with E-state index in [4.69, 9.17) is 5.11 Å². The minimum absolute atomic E-state index is 0.0561. The Bertz CT molecular complexity index is 618. The Labute approximate surface area is 106 Å². The molecule has 0 aliphatic carbocycles. The quantitative estimate of drug-likeness (QED) is 0.475. The van der Waals surface area contributed by atoms with Gasteiger partial charge < -0.3 is 5.11 Å². The van der Waals surface area contributed by atoms with Crippen LogP contribution >= 0.6 is 0 Å². The van der Waals surface area contributed by atoms with Gasteiger partial charge in [-0.05, 0) is 6.07 Å². The zero-order valence-corrected chi connectivity index (χ0v) is 9.49. The number of aromatic hydroxyl groups is 1. The minimum Gasteiger partial charge on any atom is -0.506 e. The van der Waals surface area contributed by atoms with E-state index in [0.29, 0.717) is 0 Å². The first-order valence-corrected chi connectivity index (χ1v) is 5.11. The highest BCUT2D eigenvalue weighted by atomic mass is 19.1. The lowest BCUT2D eigenvalue weighted by atomic mass is 10.3. The molecule has 2 heterocycles. The van der Waals surface area contributed by atoms with Crippen molar-refractivity contribution in [3.8, 4) is 5.75 Å². The molecule has 1 amide bonds. The monoisotopic (exact) mass is 261 g/mol. The van der Waals surface area contributed by atoms with Crippen LogP contribution in [0.3, 0.4) is 0 Å². The Hall–Kier alpha value is -2.90. The van der Waals surface area contributed by atoms with E-state index in [1.165, 1.54) is 18.6 Å². The third kappa shape index (κ3) is 3.28. The summed E-state index contributed by atoms with van der Waals surface area (Å²) in [5, 5.41) is 12.7. The lowest BCUT2D eigenvalue weighted by Crippen LogP contribution is -2.19. The molecule has 0 radical (unpaired) electrons. The number of pyridine rings is 1. The van der Waals surface area contributed by atoms with Gasteiger partial charge in [0.15, 0.2) is 0 Å². The van der Waals surface area contributed by atoms with Crippen molar-refractivity contribution < 1.29 is 14.3 Å². The summed E-state index contributed by atoms with van der Waals surface area (Å²) in [6.45, 7) is 0. The summed E-state index contributed by atoms with van der Waals surface area (Å²) in [7, 11) is 0. The molecule has 2 N–H and O–H groups in total. The lowest BCUT2D eigenvalue weighted by Gasteiger charge is -1.98. The average Bonchev–Trinajstić information content (AvgIpc) is 2.43. The molecule has 7 nitrogen and oxygen atoms in total. The normalized spacial score (nSPS) is 10.6. The molecule has 0 bridgehead atoms. The summed E-state index contributed by atoms with van der Waals surface area (Å²) in [6, 6.07) is 1.13. The van der Waals surface area contributed by atoms with Crippen molar-refractivity contribution in [2.45, 2.75) is 0 Å². The molecule has 0 aliphatic heterocycles. The molecule has 0 aromatic carbocycles. The molecule has 0 fully saturated rings. The highest BCUT2D eigenvalue weighted by Crippen LogP contribution is 2.10. The molecule has 0 saturated heterocycles. The van der Waals surface area contributed by atoms with E-state index >= 15 is 0 Å². The molecule has 19 heavy (non-hydrogen) atoms. The van der Waals surface area contributed by atoms with E-state index in [2.05, 4.69) is 25.5 Å². The molecule has 2 aromatic heterocycles. The van der Waals surface area contributed by atoms with E-state index in [-0.39, 0.29) is 17.0 Å². The van der Waals surface area contributed by atoms with Gasteiger partial charge in [0.25, 0.3) is 5.91 Å². The van der Waals surface area contributed by atoms with Gasteiger partial charge in [-0.15, -0.1) is 0 Å². The maximum absolute atomic E-state index is 13.2. The molecule has 0 spiro atoms. The zero-order valence-electron chi connectivity index (χ0n) is 9.49. The number of aromatic nitrogens is 3. The van der Waals surface area contributed by atoms with Crippen LogP contribution in [0, 0.1) is 5.95 Å². The van der Waals surface area contributed by atoms with Crippen molar-refractivity contribution in [1.29, 1.82) is 0 Å².